The Morgan fingerprint density at radius 2 is 1.39 bits per heavy atom. The van der Waals surface area contributed by atoms with Gasteiger partial charge in [0, 0.05) is 27.9 Å². The van der Waals surface area contributed by atoms with Crippen molar-refractivity contribution < 1.29 is 31.1 Å². The monoisotopic (exact) mass is 347 g/mol. The summed E-state index contributed by atoms with van der Waals surface area (Å²) in [5.41, 5.74) is -1.93. The average molecular weight is 347 g/mol. The molecule has 0 aromatic heterocycles. The summed E-state index contributed by atoms with van der Waals surface area (Å²) in [7, 11) is 2.99. The maximum Gasteiger partial charge on any atom is 0.432 e. The van der Waals surface area contributed by atoms with E-state index in [0.717, 1.165) is 6.92 Å². The Balaban J connectivity index is 2.43. The van der Waals surface area contributed by atoms with Crippen LogP contribution in [0.4, 0.5) is 26.3 Å². The first-order chi connectivity index (χ1) is 10.7. The maximum atomic E-state index is 14.0. The molecule has 0 aliphatic rings. The molecule has 1 nitrogen and oxygen atoms in total. The van der Waals surface area contributed by atoms with Crippen LogP contribution in [0.5, 0.6) is 5.75 Å². The van der Waals surface area contributed by atoms with Crippen LogP contribution in [-0.4, -0.2) is 10.2 Å². The predicted octanol–water partition coefficient (Wildman–Crippen LogP) is 4.35. The Morgan fingerprint density at radius 3 is 1.83 bits per heavy atom. The van der Waals surface area contributed by atoms with E-state index in [-0.39, 0.29) is 17.2 Å². The van der Waals surface area contributed by atoms with E-state index in [2.05, 4.69) is 15.0 Å². The molecule has 0 saturated carbocycles. The fraction of sp³-hybridized carbons (Fsp3) is 0.200. The van der Waals surface area contributed by atoms with Crippen molar-refractivity contribution in [3.63, 3.8) is 0 Å². The van der Waals surface area contributed by atoms with Crippen LogP contribution in [0.1, 0.15) is 16.7 Å². The van der Waals surface area contributed by atoms with E-state index >= 15 is 0 Å². The van der Waals surface area contributed by atoms with Gasteiger partial charge in [0.15, 0.2) is 0 Å². The number of halogens is 6. The van der Waals surface area contributed by atoms with Crippen LogP contribution in [0.25, 0.3) is 0 Å². The molecular formula is C15H9F6OSi. The van der Waals surface area contributed by atoms with Gasteiger partial charge in [-0.2, -0.15) is 8.78 Å². The summed E-state index contributed by atoms with van der Waals surface area (Å²) in [5.74, 6) is -6.19. The highest BCUT2D eigenvalue weighted by molar-refractivity contribution is 6.08. The van der Waals surface area contributed by atoms with Gasteiger partial charge in [0.2, 0.25) is 0 Å². The van der Waals surface area contributed by atoms with Crippen molar-refractivity contribution >= 4 is 10.2 Å². The largest absolute Gasteiger partial charge is 0.432 e. The van der Waals surface area contributed by atoms with Gasteiger partial charge in [0.25, 0.3) is 0 Å². The summed E-state index contributed by atoms with van der Waals surface area (Å²) in [6, 6.07) is 2.48. The van der Waals surface area contributed by atoms with Crippen molar-refractivity contribution in [3.8, 4) is 5.75 Å². The zero-order valence-corrected chi connectivity index (χ0v) is 12.7. The van der Waals surface area contributed by atoms with Crippen LogP contribution >= 0.6 is 0 Å². The van der Waals surface area contributed by atoms with Gasteiger partial charge < -0.3 is 4.74 Å². The van der Waals surface area contributed by atoms with Crippen LogP contribution in [0.2, 0.25) is 0 Å². The van der Waals surface area contributed by atoms with Crippen LogP contribution in [-0.2, 0) is 12.2 Å². The average Bonchev–Trinajstić information content (AvgIpc) is 2.42. The molecule has 3 radical (unpaired) electrons. The molecule has 0 heterocycles. The van der Waals surface area contributed by atoms with Crippen molar-refractivity contribution in [1.29, 1.82) is 0 Å². The molecule has 0 unspecified atom stereocenters. The van der Waals surface area contributed by atoms with E-state index in [4.69, 9.17) is 0 Å². The molecule has 0 N–H and O–H groups in total. The maximum absolute atomic E-state index is 14.0. The number of alkyl halides is 2. The second kappa shape index (κ2) is 6.27. The Hall–Kier alpha value is -1.96. The topological polar surface area (TPSA) is 9.23 Å². The molecular weight excluding hydrogens is 338 g/mol. The van der Waals surface area contributed by atoms with Gasteiger partial charge in [0.05, 0.1) is 0 Å². The summed E-state index contributed by atoms with van der Waals surface area (Å²) in [5, 5.41) is 0. The third-order valence-corrected chi connectivity index (χ3v) is 3.51. The minimum Gasteiger partial charge on any atom is -0.429 e. The number of rotatable bonds is 4. The third-order valence-electron chi connectivity index (χ3n) is 3.10. The molecule has 2 rings (SSSR count). The molecule has 0 spiro atoms. The summed E-state index contributed by atoms with van der Waals surface area (Å²) in [6.45, 7) is 1.10. The minimum absolute atomic E-state index is 0.0505. The molecule has 2 aromatic carbocycles. The molecule has 0 fully saturated rings. The lowest BCUT2D eigenvalue weighted by molar-refractivity contribution is -0.189. The fourth-order valence-corrected chi connectivity index (χ4v) is 2.09. The molecule has 0 atom stereocenters. The van der Waals surface area contributed by atoms with Gasteiger partial charge in [-0.1, -0.05) is 0 Å². The smallest absolute Gasteiger partial charge is 0.429 e. The number of ether oxygens (including phenoxy) is 1. The summed E-state index contributed by atoms with van der Waals surface area (Å²) in [6.07, 6.45) is -4.45. The quantitative estimate of drug-likeness (QED) is 0.590. The lowest BCUT2D eigenvalue weighted by Gasteiger charge is -2.20. The highest BCUT2D eigenvalue weighted by atomic mass is 28.1. The van der Waals surface area contributed by atoms with Gasteiger partial charge in [-0.3, -0.25) is 0 Å². The minimum atomic E-state index is -4.45. The third kappa shape index (κ3) is 3.52. The Labute approximate surface area is 131 Å². The second-order valence-electron chi connectivity index (χ2n) is 4.74. The molecule has 0 aliphatic heterocycles. The van der Waals surface area contributed by atoms with Gasteiger partial charge in [-0.25, -0.2) is 17.6 Å². The van der Waals surface area contributed by atoms with E-state index in [1.54, 1.807) is 0 Å². The van der Waals surface area contributed by atoms with Crippen LogP contribution in [0.3, 0.4) is 0 Å². The predicted molar refractivity (Wildman–Crippen MR) is 71.4 cm³/mol. The first-order valence-electron chi connectivity index (χ1n) is 6.31. The molecule has 0 amide bonds. The summed E-state index contributed by atoms with van der Waals surface area (Å²) in [4.78, 5) is 0. The fourth-order valence-electron chi connectivity index (χ4n) is 1.89. The zero-order valence-electron chi connectivity index (χ0n) is 11.7. The van der Waals surface area contributed by atoms with Crippen LogP contribution in [0.15, 0.2) is 24.3 Å². The van der Waals surface area contributed by atoms with Crippen molar-refractivity contribution in [2.45, 2.75) is 19.1 Å². The van der Waals surface area contributed by atoms with E-state index in [1.165, 1.54) is 0 Å². The van der Waals surface area contributed by atoms with E-state index in [0.29, 0.717) is 24.3 Å². The van der Waals surface area contributed by atoms with Crippen LogP contribution < -0.4 is 4.74 Å². The molecule has 121 valence electrons. The first-order valence-corrected chi connectivity index (χ1v) is 7.02. The van der Waals surface area contributed by atoms with Crippen molar-refractivity contribution in [2.24, 2.45) is 0 Å². The Kier molecular flexibility index (Phi) is 4.74. The molecule has 0 aliphatic carbocycles. The van der Waals surface area contributed by atoms with Crippen molar-refractivity contribution in [2.75, 3.05) is 0 Å². The highest BCUT2D eigenvalue weighted by Gasteiger charge is 2.41. The van der Waals surface area contributed by atoms with E-state index in [9.17, 15) is 26.3 Å². The van der Waals surface area contributed by atoms with E-state index in [1.807, 2.05) is 0 Å². The summed E-state index contributed by atoms with van der Waals surface area (Å²) < 4.78 is 86.4. The van der Waals surface area contributed by atoms with E-state index < -0.39 is 40.7 Å². The molecule has 8 heteroatoms. The zero-order chi connectivity index (χ0) is 17.4. The van der Waals surface area contributed by atoms with Crippen molar-refractivity contribution in [3.05, 3.63) is 64.2 Å². The normalized spacial score (nSPS) is 11.7. The van der Waals surface area contributed by atoms with Gasteiger partial charge in [-0.15, -0.1) is 0 Å². The second-order valence-corrected chi connectivity index (χ2v) is 5.10. The SMILES string of the molecule is Cc1c(F)cc(OC(F)(F)c2c(F)cc(C[Si])cc2F)cc1F. The van der Waals surface area contributed by atoms with Gasteiger partial charge in [0.1, 0.15) is 34.6 Å². The lowest BCUT2D eigenvalue weighted by Crippen LogP contribution is -2.25. The first kappa shape index (κ1) is 17.4. The Bertz CT molecular complexity index is 701. The number of benzene rings is 2. The number of hydrogen-bond donors (Lipinski definition) is 0. The lowest BCUT2D eigenvalue weighted by atomic mass is 10.1. The van der Waals surface area contributed by atoms with Gasteiger partial charge >= 0.3 is 6.11 Å². The molecule has 0 saturated heterocycles. The van der Waals surface area contributed by atoms with Crippen molar-refractivity contribution in [1.82, 2.24) is 0 Å². The van der Waals surface area contributed by atoms with Crippen LogP contribution in [0, 0.1) is 30.2 Å². The molecule has 23 heavy (non-hydrogen) atoms. The molecule has 2 aromatic rings. The highest BCUT2D eigenvalue weighted by Crippen LogP contribution is 2.36. The number of hydrogen-bond acceptors (Lipinski definition) is 1. The standard InChI is InChI=1S/C15H9F6OSi/c1-7-10(16)4-9(5-11(7)17)22-15(20,21)14-12(18)2-8(6-23)3-13(14)19/h2-5H,6H2,1H3. The molecule has 0 bridgehead atoms. The summed E-state index contributed by atoms with van der Waals surface area (Å²) >= 11 is 0. The van der Waals surface area contributed by atoms with Gasteiger partial charge in [-0.05, 0) is 30.7 Å². The Morgan fingerprint density at radius 1 is 0.913 bits per heavy atom.